The van der Waals surface area contributed by atoms with Gasteiger partial charge in [0.15, 0.2) is 0 Å². The van der Waals surface area contributed by atoms with E-state index in [4.69, 9.17) is 0 Å². The molecule has 0 heterocycles. The molecule has 0 bridgehead atoms. The SMILES string of the molecule is O=CCC#Cc1ccc(F)cc1Br. The van der Waals surface area contributed by atoms with Gasteiger partial charge in [-0.2, -0.15) is 0 Å². The van der Waals surface area contributed by atoms with Crippen molar-refractivity contribution in [3.63, 3.8) is 0 Å². The molecule has 0 spiro atoms. The van der Waals surface area contributed by atoms with Crippen LogP contribution in [0, 0.1) is 17.7 Å². The van der Waals surface area contributed by atoms with Crippen LogP contribution in [0.4, 0.5) is 4.39 Å². The van der Waals surface area contributed by atoms with Gasteiger partial charge in [0.2, 0.25) is 0 Å². The quantitative estimate of drug-likeness (QED) is 0.545. The highest BCUT2D eigenvalue weighted by Crippen LogP contribution is 2.16. The number of carbonyl (C=O) groups is 1. The first-order chi connectivity index (χ1) is 6.24. The van der Waals surface area contributed by atoms with Crippen molar-refractivity contribution in [2.24, 2.45) is 0 Å². The Morgan fingerprint density at radius 2 is 2.31 bits per heavy atom. The Morgan fingerprint density at radius 1 is 1.54 bits per heavy atom. The summed E-state index contributed by atoms with van der Waals surface area (Å²) in [7, 11) is 0. The molecule has 66 valence electrons. The number of rotatable bonds is 1. The van der Waals surface area contributed by atoms with Crippen LogP contribution < -0.4 is 0 Å². The molecule has 0 N–H and O–H groups in total. The average Bonchev–Trinajstić information content (AvgIpc) is 2.09. The lowest BCUT2D eigenvalue weighted by Crippen LogP contribution is -1.80. The second kappa shape index (κ2) is 4.78. The molecule has 0 aliphatic rings. The molecule has 1 nitrogen and oxygen atoms in total. The summed E-state index contributed by atoms with van der Waals surface area (Å²) in [6, 6.07) is 4.23. The maximum absolute atomic E-state index is 12.6. The molecule has 1 aromatic rings. The van der Waals surface area contributed by atoms with Crippen molar-refractivity contribution in [3.8, 4) is 11.8 Å². The van der Waals surface area contributed by atoms with E-state index >= 15 is 0 Å². The Hall–Kier alpha value is -1.14. The maximum Gasteiger partial charge on any atom is 0.131 e. The van der Waals surface area contributed by atoms with Crippen LogP contribution in [0.2, 0.25) is 0 Å². The highest BCUT2D eigenvalue weighted by Gasteiger charge is 1.96. The van der Waals surface area contributed by atoms with Gasteiger partial charge in [-0.05, 0) is 34.1 Å². The van der Waals surface area contributed by atoms with Crippen LogP contribution in [0.1, 0.15) is 12.0 Å². The van der Waals surface area contributed by atoms with Crippen LogP contribution in [0.15, 0.2) is 22.7 Å². The molecule has 0 saturated heterocycles. The number of hydrogen-bond donors (Lipinski definition) is 0. The Balaban J connectivity index is 2.91. The van der Waals surface area contributed by atoms with Crippen molar-refractivity contribution in [2.75, 3.05) is 0 Å². The fourth-order valence-corrected chi connectivity index (χ4v) is 1.23. The maximum atomic E-state index is 12.6. The number of halogens is 2. The molecule has 1 rings (SSSR count). The van der Waals surface area contributed by atoms with Crippen molar-refractivity contribution >= 4 is 22.2 Å². The van der Waals surface area contributed by atoms with E-state index in [1.54, 1.807) is 6.07 Å². The molecular formula is C10H6BrFO. The van der Waals surface area contributed by atoms with Crippen molar-refractivity contribution in [1.29, 1.82) is 0 Å². The molecule has 1 aromatic carbocycles. The van der Waals surface area contributed by atoms with Crippen molar-refractivity contribution < 1.29 is 9.18 Å². The Morgan fingerprint density at radius 3 is 2.92 bits per heavy atom. The van der Waals surface area contributed by atoms with E-state index < -0.39 is 0 Å². The minimum absolute atomic E-state index is 0.198. The van der Waals surface area contributed by atoms with Gasteiger partial charge in [-0.3, -0.25) is 0 Å². The molecule has 0 aromatic heterocycles. The van der Waals surface area contributed by atoms with Crippen molar-refractivity contribution in [1.82, 2.24) is 0 Å². The molecule has 13 heavy (non-hydrogen) atoms. The highest BCUT2D eigenvalue weighted by atomic mass is 79.9. The molecule has 0 amide bonds. The van der Waals surface area contributed by atoms with E-state index in [0.29, 0.717) is 10.0 Å². The topological polar surface area (TPSA) is 17.1 Å². The summed E-state index contributed by atoms with van der Waals surface area (Å²) in [4.78, 5) is 9.96. The third-order valence-electron chi connectivity index (χ3n) is 1.34. The second-order valence-corrected chi connectivity index (χ2v) is 3.15. The standard InChI is InChI=1S/C10H6BrFO/c11-10-7-9(12)5-4-8(10)3-1-2-6-13/h4-7H,2H2. The zero-order valence-corrected chi connectivity index (χ0v) is 8.27. The molecule has 0 aliphatic heterocycles. The van der Waals surface area contributed by atoms with Gasteiger partial charge in [-0.1, -0.05) is 11.8 Å². The molecule has 0 radical (unpaired) electrons. The zero-order chi connectivity index (χ0) is 9.68. The molecule has 0 fully saturated rings. The minimum Gasteiger partial charge on any atom is -0.302 e. The summed E-state index contributed by atoms with van der Waals surface area (Å²) >= 11 is 3.17. The molecule has 0 atom stereocenters. The van der Waals surface area contributed by atoms with Crippen LogP contribution in [-0.4, -0.2) is 6.29 Å². The first-order valence-corrected chi connectivity index (χ1v) is 4.41. The van der Waals surface area contributed by atoms with Crippen LogP contribution in [0.3, 0.4) is 0 Å². The lowest BCUT2D eigenvalue weighted by atomic mass is 10.2. The third kappa shape index (κ3) is 3.00. The second-order valence-electron chi connectivity index (χ2n) is 2.30. The molecule has 0 unspecified atom stereocenters. The van der Waals surface area contributed by atoms with Crippen LogP contribution in [0.5, 0.6) is 0 Å². The van der Waals surface area contributed by atoms with E-state index in [1.807, 2.05) is 0 Å². The minimum atomic E-state index is -0.312. The van der Waals surface area contributed by atoms with Gasteiger partial charge >= 0.3 is 0 Å². The number of benzene rings is 1. The van der Waals surface area contributed by atoms with Crippen molar-refractivity contribution in [3.05, 3.63) is 34.1 Å². The normalized spacial score (nSPS) is 8.77. The lowest BCUT2D eigenvalue weighted by molar-refractivity contribution is -0.107. The van der Waals surface area contributed by atoms with Crippen molar-refractivity contribution in [2.45, 2.75) is 6.42 Å². The Labute approximate surface area is 84.1 Å². The third-order valence-corrected chi connectivity index (χ3v) is 2.00. The lowest BCUT2D eigenvalue weighted by Gasteiger charge is -1.94. The number of hydrogen-bond acceptors (Lipinski definition) is 1. The molecule has 0 aliphatic carbocycles. The predicted molar refractivity (Wildman–Crippen MR) is 51.7 cm³/mol. The summed E-state index contributed by atoms with van der Waals surface area (Å²) in [6.07, 6.45) is 0.925. The summed E-state index contributed by atoms with van der Waals surface area (Å²) in [5.74, 6) is 5.08. The number of aldehydes is 1. The molecule has 0 saturated carbocycles. The van der Waals surface area contributed by atoms with Gasteiger partial charge in [-0.25, -0.2) is 4.39 Å². The first-order valence-electron chi connectivity index (χ1n) is 3.61. The van der Waals surface area contributed by atoms with Gasteiger partial charge in [-0.15, -0.1) is 0 Å². The van der Waals surface area contributed by atoms with Gasteiger partial charge in [0.05, 0.1) is 6.42 Å². The average molecular weight is 241 g/mol. The van der Waals surface area contributed by atoms with Gasteiger partial charge in [0.25, 0.3) is 0 Å². The Kier molecular flexibility index (Phi) is 3.66. The largest absolute Gasteiger partial charge is 0.302 e. The fraction of sp³-hybridized carbons (Fsp3) is 0.100. The smallest absolute Gasteiger partial charge is 0.131 e. The van der Waals surface area contributed by atoms with E-state index in [-0.39, 0.29) is 12.2 Å². The monoisotopic (exact) mass is 240 g/mol. The summed E-state index contributed by atoms with van der Waals surface area (Å²) in [6.45, 7) is 0. The van der Waals surface area contributed by atoms with Gasteiger partial charge < -0.3 is 4.79 Å². The number of carbonyl (C=O) groups excluding carboxylic acids is 1. The summed E-state index contributed by atoms with van der Waals surface area (Å²) < 4.78 is 13.2. The van der Waals surface area contributed by atoms with E-state index in [0.717, 1.165) is 6.29 Å². The van der Waals surface area contributed by atoms with Gasteiger partial charge in [0.1, 0.15) is 12.1 Å². The van der Waals surface area contributed by atoms with Crippen LogP contribution >= 0.6 is 15.9 Å². The predicted octanol–water partition coefficient (Wildman–Crippen LogP) is 2.53. The van der Waals surface area contributed by atoms with Crippen LogP contribution in [-0.2, 0) is 4.79 Å². The summed E-state index contributed by atoms with van der Waals surface area (Å²) in [5, 5.41) is 0. The highest BCUT2D eigenvalue weighted by molar-refractivity contribution is 9.10. The summed E-state index contributed by atoms with van der Waals surface area (Å²) in [5.41, 5.74) is 0.684. The van der Waals surface area contributed by atoms with E-state index in [2.05, 4.69) is 27.8 Å². The Bertz CT molecular complexity index is 376. The molecular weight excluding hydrogens is 235 g/mol. The fourth-order valence-electron chi connectivity index (χ4n) is 0.779. The van der Waals surface area contributed by atoms with E-state index in [9.17, 15) is 9.18 Å². The van der Waals surface area contributed by atoms with E-state index in [1.165, 1.54) is 12.1 Å². The zero-order valence-electron chi connectivity index (χ0n) is 6.68. The molecule has 3 heteroatoms. The first kappa shape index (κ1) is 9.94. The van der Waals surface area contributed by atoms with Crippen LogP contribution in [0.25, 0.3) is 0 Å². The van der Waals surface area contributed by atoms with Gasteiger partial charge in [0, 0.05) is 10.0 Å².